The van der Waals surface area contributed by atoms with Gasteiger partial charge in [-0.05, 0) is 37.6 Å². The van der Waals surface area contributed by atoms with Crippen LogP contribution >= 0.6 is 0 Å². The maximum Gasteiger partial charge on any atom is 0.313 e. The second kappa shape index (κ2) is 4.98. The van der Waals surface area contributed by atoms with Gasteiger partial charge in [0.2, 0.25) is 0 Å². The Morgan fingerprint density at radius 3 is 2.61 bits per heavy atom. The first-order valence-electron chi connectivity index (χ1n) is 6.07. The highest BCUT2D eigenvalue weighted by Gasteiger charge is 2.56. The van der Waals surface area contributed by atoms with Gasteiger partial charge in [0.15, 0.2) is 0 Å². The van der Waals surface area contributed by atoms with Gasteiger partial charge in [0, 0.05) is 6.04 Å². The molecule has 1 aliphatic rings. The van der Waals surface area contributed by atoms with E-state index in [0.717, 1.165) is 24.2 Å². The first-order chi connectivity index (χ1) is 8.67. The summed E-state index contributed by atoms with van der Waals surface area (Å²) in [5, 5.41) is 3.23. The Morgan fingerprint density at radius 1 is 1.39 bits per heavy atom. The van der Waals surface area contributed by atoms with Gasteiger partial charge < -0.3 is 14.8 Å². The molecule has 98 valence electrons. The van der Waals surface area contributed by atoms with E-state index < -0.39 is 5.41 Å². The lowest BCUT2D eigenvalue weighted by Gasteiger charge is -2.25. The van der Waals surface area contributed by atoms with E-state index in [0.29, 0.717) is 0 Å². The maximum atomic E-state index is 11.9. The van der Waals surface area contributed by atoms with Gasteiger partial charge in [-0.25, -0.2) is 0 Å². The number of methoxy groups -OCH3 is 2. The van der Waals surface area contributed by atoms with Crippen LogP contribution in [0.5, 0.6) is 5.75 Å². The van der Waals surface area contributed by atoms with Crippen molar-refractivity contribution in [2.75, 3.05) is 21.3 Å². The fourth-order valence-corrected chi connectivity index (χ4v) is 2.53. The predicted molar refractivity (Wildman–Crippen MR) is 68.5 cm³/mol. The van der Waals surface area contributed by atoms with E-state index in [9.17, 15) is 4.79 Å². The second-order valence-corrected chi connectivity index (χ2v) is 4.65. The fourth-order valence-electron chi connectivity index (χ4n) is 2.53. The van der Waals surface area contributed by atoms with Crippen molar-refractivity contribution in [3.63, 3.8) is 0 Å². The third kappa shape index (κ3) is 2.08. The summed E-state index contributed by atoms with van der Waals surface area (Å²) in [6.45, 7) is 0. The zero-order valence-electron chi connectivity index (χ0n) is 11.0. The normalized spacial score (nSPS) is 17.9. The van der Waals surface area contributed by atoms with Crippen LogP contribution in [0.2, 0.25) is 0 Å². The van der Waals surface area contributed by atoms with Gasteiger partial charge >= 0.3 is 5.97 Å². The van der Waals surface area contributed by atoms with Crippen molar-refractivity contribution in [2.45, 2.75) is 18.9 Å². The standard InChI is InChI=1S/C14H19NO3/c1-15-12(14(7-8-14)13(16)18-3)10-5-4-6-11(9-10)17-2/h4-6,9,12,15H,7-8H2,1-3H3. The molecule has 4 heteroatoms. The number of hydrogen-bond donors (Lipinski definition) is 1. The Bertz CT molecular complexity index is 440. The van der Waals surface area contributed by atoms with Gasteiger partial charge in [0.1, 0.15) is 5.75 Å². The average Bonchev–Trinajstić information content (AvgIpc) is 3.20. The van der Waals surface area contributed by atoms with E-state index in [2.05, 4.69) is 5.32 Å². The van der Waals surface area contributed by atoms with Gasteiger partial charge in [-0.1, -0.05) is 12.1 Å². The molecule has 4 nitrogen and oxygen atoms in total. The molecular formula is C14H19NO3. The molecule has 1 fully saturated rings. The summed E-state index contributed by atoms with van der Waals surface area (Å²) in [5.74, 6) is 0.665. The summed E-state index contributed by atoms with van der Waals surface area (Å²) in [7, 11) is 4.95. The molecule has 0 radical (unpaired) electrons. The Hall–Kier alpha value is -1.55. The van der Waals surface area contributed by atoms with Crippen molar-refractivity contribution in [3.05, 3.63) is 29.8 Å². The highest BCUT2D eigenvalue weighted by Crippen LogP contribution is 2.55. The minimum absolute atomic E-state index is 0.0277. The van der Waals surface area contributed by atoms with Crippen LogP contribution in [-0.4, -0.2) is 27.2 Å². The van der Waals surface area contributed by atoms with Crippen LogP contribution in [0.15, 0.2) is 24.3 Å². The lowest BCUT2D eigenvalue weighted by atomic mass is 9.90. The molecule has 1 unspecified atom stereocenters. The monoisotopic (exact) mass is 249 g/mol. The molecule has 1 atom stereocenters. The van der Waals surface area contributed by atoms with E-state index in [1.54, 1.807) is 7.11 Å². The van der Waals surface area contributed by atoms with Crippen molar-refractivity contribution in [2.24, 2.45) is 5.41 Å². The SMILES string of the molecule is CNC(c1cccc(OC)c1)C1(C(=O)OC)CC1. The Morgan fingerprint density at radius 2 is 2.11 bits per heavy atom. The first kappa shape index (κ1) is 12.9. The molecule has 0 heterocycles. The minimum Gasteiger partial charge on any atom is -0.497 e. The zero-order valence-corrected chi connectivity index (χ0v) is 11.0. The predicted octanol–water partition coefficient (Wildman–Crippen LogP) is 1.91. The minimum atomic E-state index is -0.407. The molecule has 1 aliphatic carbocycles. The zero-order chi connectivity index (χ0) is 13.2. The van der Waals surface area contributed by atoms with Crippen LogP contribution in [0.1, 0.15) is 24.4 Å². The Labute approximate surface area is 107 Å². The summed E-state index contributed by atoms with van der Waals surface area (Å²) >= 11 is 0. The average molecular weight is 249 g/mol. The third-order valence-corrected chi connectivity index (χ3v) is 3.65. The largest absolute Gasteiger partial charge is 0.497 e. The number of esters is 1. The molecule has 2 rings (SSSR count). The molecule has 0 amide bonds. The van der Waals surface area contributed by atoms with E-state index in [4.69, 9.17) is 9.47 Å². The molecule has 0 aromatic heterocycles. The summed E-state index contributed by atoms with van der Waals surface area (Å²) in [6.07, 6.45) is 1.73. The number of hydrogen-bond acceptors (Lipinski definition) is 4. The van der Waals surface area contributed by atoms with Crippen LogP contribution in [0, 0.1) is 5.41 Å². The van der Waals surface area contributed by atoms with Gasteiger partial charge in [-0.15, -0.1) is 0 Å². The van der Waals surface area contributed by atoms with E-state index in [-0.39, 0.29) is 12.0 Å². The van der Waals surface area contributed by atoms with Gasteiger partial charge in [-0.2, -0.15) is 0 Å². The number of carbonyl (C=O) groups excluding carboxylic acids is 1. The molecule has 1 aromatic carbocycles. The molecule has 1 N–H and O–H groups in total. The first-order valence-corrected chi connectivity index (χ1v) is 6.07. The van der Waals surface area contributed by atoms with E-state index in [1.165, 1.54) is 7.11 Å². The second-order valence-electron chi connectivity index (χ2n) is 4.65. The summed E-state index contributed by atoms with van der Waals surface area (Å²) < 4.78 is 10.2. The van der Waals surface area contributed by atoms with Crippen LogP contribution in [-0.2, 0) is 9.53 Å². The Balaban J connectivity index is 2.31. The maximum absolute atomic E-state index is 11.9. The summed E-state index contributed by atoms with van der Waals surface area (Å²) in [4.78, 5) is 11.9. The van der Waals surface area contributed by atoms with Gasteiger partial charge in [0.25, 0.3) is 0 Å². The fraction of sp³-hybridized carbons (Fsp3) is 0.500. The lowest BCUT2D eigenvalue weighted by Crippen LogP contribution is -2.33. The smallest absolute Gasteiger partial charge is 0.313 e. The van der Waals surface area contributed by atoms with Crippen molar-refractivity contribution in [3.8, 4) is 5.75 Å². The number of nitrogens with one attached hydrogen (secondary N) is 1. The van der Waals surface area contributed by atoms with Crippen LogP contribution in [0.4, 0.5) is 0 Å². The van der Waals surface area contributed by atoms with Gasteiger partial charge in [0.05, 0.1) is 19.6 Å². The number of rotatable bonds is 5. The molecule has 18 heavy (non-hydrogen) atoms. The highest BCUT2D eigenvalue weighted by atomic mass is 16.5. The number of ether oxygens (including phenoxy) is 2. The molecule has 0 spiro atoms. The lowest BCUT2D eigenvalue weighted by molar-refractivity contribution is -0.148. The molecular weight excluding hydrogens is 230 g/mol. The number of carbonyl (C=O) groups is 1. The summed E-state index contributed by atoms with van der Waals surface area (Å²) in [5.41, 5.74) is 0.648. The van der Waals surface area contributed by atoms with Crippen molar-refractivity contribution < 1.29 is 14.3 Å². The van der Waals surface area contributed by atoms with Crippen molar-refractivity contribution in [1.29, 1.82) is 0 Å². The molecule has 0 bridgehead atoms. The van der Waals surface area contributed by atoms with Crippen molar-refractivity contribution >= 4 is 5.97 Å². The molecule has 1 saturated carbocycles. The Kier molecular flexibility index (Phi) is 3.57. The highest BCUT2D eigenvalue weighted by molar-refractivity contribution is 5.81. The third-order valence-electron chi connectivity index (χ3n) is 3.65. The van der Waals surface area contributed by atoms with Crippen LogP contribution in [0.3, 0.4) is 0 Å². The van der Waals surface area contributed by atoms with Gasteiger partial charge in [-0.3, -0.25) is 4.79 Å². The quantitative estimate of drug-likeness (QED) is 0.810. The number of benzene rings is 1. The van der Waals surface area contributed by atoms with E-state index >= 15 is 0 Å². The molecule has 0 saturated heterocycles. The summed E-state index contributed by atoms with van der Waals surface area (Å²) in [6, 6.07) is 7.77. The van der Waals surface area contributed by atoms with Crippen LogP contribution < -0.4 is 10.1 Å². The van der Waals surface area contributed by atoms with Crippen LogP contribution in [0.25, 0.3) is 0 Å². The molecule has 1 aromatic rings. The van der Waals surface area contributed by atoms with Crippen molar-refractivity contribution in [1.82, 2.24) is 5.32 Å². The topological polar surface area (TPSA) is 47.6 Å². The molecule has 0 aliphatic heterocycles. The van der Waals surface area contributed by atoms with E-state index in [1.807, 2.05) is 31.3 Å².